The number of nitro groups is 1. The van der Waals surface area contributed by atoms with E-state index in [4.69, 9.17) is 51.9 Å². The molecule has 0 aliphatic carbocycles. The number of hydrogen-bond donors (Lipinski definition) is 10. The van der Waals surface area contributed by atoms with Crippen LogP contribution in [0.1, 0.15) is 0 Å². The largest absolute Gasteiger partial charge is 0.394 e. The van der Waals surface area contributed by atoms with E-state index in [2.05, 4.69) is 0 Å². The van der Waals surface area contributed by atoms with Gasteiger partial charge in [-0.3, -0.25) is 14.7 Å². The predicted octanol–water partition coefficient (Wildman–Crippen LogP) is -4.28. The van der Waals surface area contributed by atoms with E-state index in [9.17, 15) is 14.7 Å². The summed E-state index contributed by atoms with van der Waals surface area (Å²) < 4.78 is 10.6. The van der Waals surface area contributed by atoms with Gasteiger partial charge in [-0.2, -0.15) is 0 Å². The van der Waals surface area contributed by atoms with Crippen LogP contribution in [0.5, 0.6) is 0 Å². The standard InChI is InChI=1S/C6H6NO5P.2C4H11NO3/c8-7(9)5-1-3-6(4-2-5)13(10,11)12;2*5-4(1-6,2-7)3-8/h1-4H,(H2,10,11,12);2*6-8H,1-3,5H2. The van der Waals surface area contributed by atoms with Gasteiger partial charge in [-0.15, -0.1) is 0 Å². The predicted molar refractivity (Wildman–Crippen MR) is 101 cm³/mol. The number of aliphatic hydroxyl groups is 6. The van der Waals surface area contributed by atoms with E-state index in [0.29, 0.717) is 0 Å². The molecule has 0 amide bonds. The van der Waals surface area contributed by atoms with Gasteiger partial charge in [0.2, 0.25) is 0 Å². The van der Waals surface area contributed by atoms with Crippen molar-refractivity contribution >= 4 is 18.6 Å². The first-order chi connectivity index (χ1) is 13.3. The highest BCUT2D eigenvalue weighted by Gasteiger charge is 2.21. The topological polar surface area (TPSA) is 274 Å². The Hall–Kier alpha value is -1.55. The van der Waals surface area contributed by atoms with Crippen molar-refractivity contribution < 1.29 is 49.9 Å². The molecule has 29 heavy (non-hydrogen) atoms. The van der Waals surface area contributed by atoms with E-state index in [0.717, 1.165) is 24.3 Å². The van der Waals surface area contributed by atoms with Crippen molar-refractivity contribution in [1.82, 2.24) is 0 Å². The fourth-order valence-corrected chi connectivity index (χ4v) is 1.61. The number of benzene rings is 1. The second-order valence-corrected chi connectivity index (χ2v) is 7.60. The lowest BCUT2D eigenvalue weighted by Gasteiger charge is -2.20. The third-order valence-electron chi connectivity index (χ3n) is 3.29. The number of aliphatic hydroxyl groups excluding tert-OH is 6. The van der Waals surface area contributed by atoms with Crippen molar-refractivity contribution in [3.05, 3.63) is 34.4 Å². The Morgan fingerprint density at radius 3 is 1.21 bits per heavy atom. The van der Waals surface area contributed by atoms with Crippen LogP contribution in [0.4, 0.5) is 5.69 Å². The smallest absolute Gasteiger partial charge is 0.356 e. The van der Waals surface area contributed by atoms with Crippen LogP contribution >= 0.6 is 7.60 Å². The number of rotatable bonds is 8. The van der Waals surface area contributed by atoms with Gasteiger partial charge in [0.1, 0.15) is 0 Å². The summed E-state index contributed by atoms with van der Waals surface area (Å²) in [5.74, 6) is 0. The average molecular weight is 445 g/mol. The normalized spacial score (nSPS) is 11.7. The molecule has 170 valence electrons. The fourth-order valence-electron chi connectivity index (χ4n) is 1.07. The summed E-state index contributed by atoms with van der Waals surface area (Å²) in [7, 11) is -4.29. The molecule has 14 nitrogen and oxygen atoms in total. The number of non-ortho nitro benzene ring substituents is 1. The second kappa shape index (κ2) is 13.6. The first-order valence-electron chi connectivity index (χ1n) is 7.81. The summed E-state index contributed by atoms with van der Waals surface area (Å²) in [5.41, 5.74) is 7.68. The van der Waals surface area contributed by atoms with E-state index in [-0.39, 0.29) is 11.0 Å². The Kier molecular flexibility index (Phi) is 13.9. The van der Waals surface area contributed by atoms with Gasteiger partial charge in [0.25, 0.3) is 5.69 Å². The summed E-state index contributed by atoms with van der Waals surface area (Å²) in [6, 6.07) is 4.18. The van der Waals surface area contributed by atoms with Crippen molar-refractivity contribution in [1.29, 1.82) is 0 Å². The molecule has 0 radical (unpaired) electrons. The zero-order valence-corrected chi connectivity index (χ0v) is 16.3. The molecule has 1 rings (SSSR count). The Morgan fingerprint density at radius 1 is 0.793 bits per heavy atom. The number of nitro benzene ring substituents is 1. The van der Waals surface area contributed by atoms with Crippen molar-refractivity contribution in [2.24, 2.45) is 11.5 Å². The zero-order valence-electron chi connectivity index (χ0n) is 15.4. The average Bonchev–Trinajstić information content (AvgIpc) is 2.73. The SMILES string of the molecule is NC(CO)(CO)CO.NC(CO)(CO)CO.O=[N+]([O-])c1ccc(P(=O)(O)O)cc1. The fraction of sp³-hybridized carbons (Fsp3) is 0.571. The molecule has 0 aliphatic rings. The van der Waals surface area contributed by atoms with E-state index in [1.54, 1.807) is 0 Å². The lowest BCUT2D eigenvalue weighted by Crippen LogP contribution is -2.50. The first-order valence-corrected chi connectivity index (χ1v) is 9.42. The van der Waals surface area contributed by atoms with Gasteiger partial charge in [0.05, 0.1) is 60.9 Å². The molecular formula is C14H28N3O11P. The summed E-state index contributed by atoms with van der Waals surface area (Å²) in [4.78, 5) is 26.9. The molecule has 1 aromatic rings. The van der Waals surface area contributed by atoms with Gasteiger partial charge >= 0.3 is 7.60 Å². The molecule has 0 saturated carbocycles. The maximum absolute atomic E-state index is 10.6. The number of nitrogens with two attached hydrogens (primary N) is 2. The molecule has 0 aromatic heterocycles. The molecule has 12 N–H and O–H groups in total. The Balaban J connectivity index is 0. The third-order valence-corrected chi connectivity index (χ3v) is 4.26. The van der Waals surface area contributed by atoms with Gasteiger partial charge in [-0.25, -0.2) is 0 Å². The van der Waals surface area contributed by atoms with Crippen LogP contribution in [0.25, 0.3) is 0 Å². The van der Waals surface area contributed by atoms with Gasteiger partial charge < -0.3 is 51.9 Å². The maximum atomic E-state index is 10.6. The maximum Gasteiger partial charge on any atom is 0.356 e. The van der Waals surface area contributed by atoms with Crippen molar-refractivity contribution in [3.8, 4) is 0 Å². The monoisotopic (exact) mass is 445 g/mol. The minimum atomic E-state index is -4.29. The highest BCUT2D eigenvalue weighted by molar-refractivity contribution is 7.60. The minimum absolute atomic E-state index is 0.197. The van der Waals surface area contributed by atoms with Crippen molar-refractivity contribution in [2.75, 3.05) is 39.6 Å². The minimum Gasteiger partial charge on any atom is -0.394 e. The van der Waals surface area contributed by atoms with Gasteiger partial charge in [0.15, 0.2) is 0 Å². The quantitative estimate of drug-likeness (QED) is 0.103. The summed E-state index contributed by atoms with van der Waals surface area (Å²) in [6.45, 7) is -2.42. The van der Waals surface area contributed by atoms with Gasteiger partial charge in [-0.1, -0.05) is 0 Å². The van der Waals surface area contributed by atoms with E-state index < -0.39 is 63.2 Å². The number of hydrogen-bond acceptors (Lipinski definition) is 11. The summed E-state index contributed by atoms with van der Waals surface area (Å²) in [5, 5.41) is 60.0. The molecule has 0 fully saturated rings. The lowest BCUT2D eigenvalue weighted by molar-refractivity contribution is -0.384. The van der Waals surface area contributed by atoms with E-state index in [1.165, 1.54) is 0 Å². The van der Waals surface area contributed by atoms with Crippen LogP contribution in [-0.2, 0) is 4.57 Å². The lowest BCUT2D eigenvalue weighted by atomic mass is 10.1. The molecule has 0 spiro atoms. The Labute approximate surface area is 166 Å². The van der Waals surface area contributed by atoms with Crippen molar-refractivity contribution in [2.45, 2.75) is 11.1 Å². The van der Waals surface area contributed by atoms with Crippen LogP contribution in [0.3, 0.4) is 0 Å². The highest BCUT2D eigenvalue weighted by Crippen LogP contribution is 2.33. The van der Waals surface area contributed by atoms with Crippen LogP contribution in [0.2, 0.25) is 0 Å². The number of nitrogens with zero attached hydrogens (tertiary/aromatic N) is 1. The van der Waals surface area contributed by atoms with Crippen LogP contribution < -0.4 is 16.8 Å². The Morgan fingerprint density at radius 2 is 1.07 bits per heavy atom. The molecular weight excluding hydrogens is 417 g/mol. The molecule has 0 unspecified atom stereocenters. The molecule has 0 aliphatic heterocycles. The van der Waals surface area contributed by atoms with E-state index >= 15 is 0 Å². The van der Waals surface area contributed by atoms with Crippen LogP contribution in [0.15, 0.2) is 24.3 Å². The van der Waals surface area contributed by atoms with Gasteiger partial charge in [0, 0.05) is 12.1 Å². The molecule has 1 aromatic carbocycles. The molecule has 0 bridgehead atoms. The van der Waals surface area contributed by atoms with Crippen molar-refractivity contribution in [3.63, 3.8) is 0 Å². The Bertz CT molecular complexity index is 596. The zero-order chi connectivity index (χ0) is 23.3. The third kappa shape index (κ3) is 11.9. The van der Waals surface area contributed by atoms with Crippen LogP contribution in [0, 0.1) is 10.1 Å². The van der Waals surface area contributed by atoms with Gasteiger partial charge in [-0.05, 0) is 12.1 Å². The summed E-state index contributed by atoms with van der Waals surface area (Å²) >= 11 is 0. The second-order valence-electron chi connectivity index (χ2n) is 5.99. The molecule has 15 heteroatoms. The molecule has 0 atom stereocenters. The van der Waals surface area contributed by atoms with Crippen LogP contribution in [-0.4, -0.2) is 96.1 Å². The van der Waals surface area contributed by atoms with E-state index in [1.807, 2.05) is 0 Å². The first kappa shape index (κ1) is 29.6. The highest BCUT2D eigenvalue weighted by atomic mass is 31.2. The summed E-state index contributed by atoms with van der Waals surface area (Å²) in [6.07, 6.45) is 0. The molecule has 0 saturated heterocycles. The molecule has 0 heterocycles.